The molecule has 0 aliphatic rings. The van der Waals surface area contributed by atoms with Crippen molar-refractivity contribution in [3.05, 3.63) is 29.1 Å². The highest BCUT2D eigenvalue weighted by molar-refractivity contribution is 6.40. The number of carbonyl (C=O) groups is 2. The van der Waals surface area contributed by atoms with Gasteiger partial charge in [0.2, 0.25) is 0 Å². The molecule has 0 spiro atoms. The van der Waals surface area contributed by atoms with Crippen molar-refractivity contribution < 1.29 is 28.2 Å². The Morgan fingerprint density at radius 3 is 2.41 bits per heavy atom. The zero-order valence-corrected chi connectivity index (χ0v) is 9.16. The number of hydrogen-bond donors (Lipinski definition) is 1. The number of Topliss-reactive ketones (excluding diaryl/α,β-unsaturated/α-hetero) is 1. The molecule has 0 aliphatic carbocycles. The monoisotopic (exact) mass is 244 g/mol. The highest BCUT2D eigenvalue weighted by Gasteiger charge is 2.24. The minimum atomic E-state index is -1.76. The fourth-order valence-electron chi connectivity index (χ4n) is 1.34. The van der Waals surface area contributed by atoms with Gasteiger partial charge in [-0.25, -0.2) is 13.6 Å². The van der Waals surface area contributed by atoms with Gasteiger partial charge in [-0.15, -0.1) is 0 Å². The lowest BCUT2D eigenvalue weighted by atomic mass is 10.0. The summed E-state index contributed by atoms with van der Waals surface area (Å²) in [6, 6.07) is 1.84. The lowest BCUT2D eigenvalue weighted by Gasteiger charge is -2.10. The van der Waals surface area contributed by atoms with Crippen molar-refractivity contribution in [3.8, 4) is 5.75 Å². The van der Waals surface area contributed by atoms with E-state index in [0.717, 1.165) is 26.2 Å². The summed E-state index contributed by atoms with van der Waals surface area (Å²) in [4.78, 5) is 21.8. The van der Waals surface area contributed by atoms with E-state index in [1.807, 2.05) is 0 Å². The maximum absolute atomic E-state index is 13.5. The Kier molecular flexibility index (Phi) is 3.77. The van der Waals surface area contributed by atoms with Crippen LogP contribution in [-0.2, 0) is 4.79 Å². The van der Waals surface area contributed by atoms with E-state index < -0.39 is 35.1 Å². The third kappa shape index (κ3) is 2.58. The Morgan fingerprint density at radius 2 is 2.00 bits per heavy atom. The summed E-state index contributed by atoms with van der Waals surface area (Å²) in [7, 11) is 1.09. The second kappa shape index (κ2) is 4.90. The first-order valence-electron chi connectivity index (χ1n) is 4.67. The van der Waals surface area contributed by atoms with Crippen LogP contribution in [-0.4, -0.2) is 24.0 Å². The van der Waals surface area contributed by atoms with E-state index in [2.05, 4.69) is 4.74 Å². The predicted molar refractivity (Wildman–Crippen MR) is 54.4 cm³/mol. The molecule has 1 atom stereocenters. The molecule has 1 rings (SSSR count). The topological polar surface area (TPSA) is 63.6 Å². The van der Waals surface area contributed by atoms with Gasteiger partial charge in [-0.2, -0.15) is 0 Å². The number of aliphatic carboxylic acids is 1. The fraction of sp³-hybridized carbons (Fsp3) is 0.273. The second-order valence-corrected chi connectivity index (χ2v) is 3.33. The number of benzene rings is 1. The number of rotatable bonds is 4. The van der Waals surface area contributed by atoms with E-state index in [-0.39, 0.29) is 5.56 Å². The molecule has 0 fully saturated rings. The first kappa shape index (κ1) is 13.1. The molecule has 0 radical (unpaired) electrons. The number of carboxylic acid groups (broad SMARTS) is 1. The molecule has 4 nitrogen and oxygen atoms in total. The van der Waals surface area contributed by atoms with Gasteiger partial charge in [-0.1, -0.05) is 0 Å². The number of methoxy groups -OCH3 is 1. The standard InChI is InChI=1S/C11H10F2O4/c1-5(12)6-3-7(9(14)11(15)16)10(17-2)8(13)4-6/h3-5H,1-2H3,(H,15,16). The zero-order chi connectivity index (χ0) is 13.2. The van der Waals surface area contributed by atoms with Crippen LogP contribution >= 0.6 is 0 Å². The molecule has 0 heterocycles. The van der Waals surface area contributed by atoms with Gasteiger partial charge < -0.3 is 9.84 Å². The summed E-state index contributed by atoms with van der Waals surface area (Å²) < 4.78 is 31.1. The van der Waals surface area contributed by atoms with Gasteiger partial charge in [-0.3, -0.25) is 4.79 Å². The summed E-state index contributed by atoms with van der Waals surface area (Å²) in [5.74, 6) is -4.57. The minimum Gasteiger partial charge on any atom is -0.493 e. The highest BCUT2D eigenvalue weighted by Crippen LogP contribution is 2.28. The van der Waals surface area contributed by atoms with Crippen molar-refractivity contribution in [1.29, 1.82) is 0 Å². The third-order valence-corrected chi connectivity index (χ3v) is 2.17. The van der Waals surface area contributed by atoms with Gasteiger partial charge in [0, 0.05) is 0 Å². The van der Waals surface area contributed by atoms with Gasteiger partial charge >= 0.3 is 5.97 Å². The average Bonchev–Trinajstić information content (AvgIpc) is 2.26. The van der Waals surface area contributed by atoms with E-state index in [4.69, 9.17) is 5.11 Å². The maximum atomic E-state index is 13.5. The SMILES string of the molecule is COc1c(F)cc(C(C)F)cc1C(=O)C(=O)O. The van der Waals surface area contributed by atoms with E-state index in [9.17, 15) is 18.4 Å². The van der Waals surface area contributed by atoms with Crippen molar-refractivity contribution in [2.24, 2.45) is 0 Å². The molecular formula is C11H10F2O4. The normalized spacial score (nSPS) is 12.0. The molecule has 1 aromatic carbocycles. The van der Waals surface area contributed by atoms with E-state index in [1.54, 1.807) is 0 Å². The zero-order valence-electron chi connectivity index (χ0n) is 9.16. The fourth-order valence-corrected chi connectivity index (χ4v) is 1.34. The van der Waals surface area contributed by atoms with Gasteiger partial charge in [-0.05, 0) is 24.6 Å². The Labute approximate surface area is 95.8 Å². The molecule has 1 aromatic rings. The summed E-state index contributed by atoms with van der Waals surface area (Å²) in [5, 5.41) is 8.55. The molecule has 1 unspecified atom stereocenters. The summed E-state index contributed by atoms with van der Waals surface area (Å²) in [5.41, 5.74) is -0.618. The highest BCUT2D eigenvalue weighted by atomic mass is 19.1. The van der Waals surface area contributed by atoms with Crippen LogP contribution in [0.2, 0.25) is 0 Å². The lowest BCUT2D eigenvalue weighted by Crippen LogP contribution is -2.15. The van der Waals surface area contributed by atoms with Crippen LogP contribution in [0.25, 0.3) is 0 Å². The van der Waals surface area contributed by atoms with Gasteiger partial charge in [0.05, 0.1) is 12.7 Å². The van der Waals surface area contributed by atoms with Crippen LogP contribution in [0.4, 0.5) is 8.78 Å². The first-order valence-corrected chi connectivity index (χ1v) is 4.67. The molecule has 6 heteroatoms. The van der Waals surface area contributed by atoms with Crippen LogP contribution in [0.1, 0.15) is 29.0 Å². The predicted octanol–water partition coefficient (Wildman–Crippen LogP) is 2.13. The van der Waals surface area contributed by atoms with Crippen molar-refractivity contribution in [2.45, 2.75) is 13.1 Å². The van der Waals surface area contributed by atoms with Crippen LogP contribution in [0, 0.1) is 5.82 Å². The molecule has 0 bridgehead atoms. The smallest absolute Gasteiger partial charge is 0.377 e. The van der Waals surface area contributed by atoms with Crippen molar-refractivity contribution >= 4 is 11.8 Å². The number of carboxylic acids is 1. The molecule has 17 heavy (non-hydrogen) atoms. The summed E-state index contributed by atoms with van der Waals surface area (Å²) in [6.07, 6.45) is -1.52. The van der Waals surface area contributed by atoms with E-state index in [1.165, 1.54) is 0 Å². The molecular weight excluding hydrogens is 234 g/mol. The third-order valence-electron chi connectivity index (χ3n) is 2.17. The molecule has 92 valence electrons. The Bertz CT molecular complexity index is 469. The van der Waals surface area contributed by atoms with Gasteiger partial charge in [0.15, 0.2) is 11.6 Å². The van der Waals surface area contributed by atoms with E-state index >= 15 is 0 Å². The number of ether oxygens (including phenoxy) is 1. The summed E-state index contributed by atoms with van der Waals surface area (Å²) >= 11 is 0. The number of alkyl halides is 1. The van der Waals surface area contributed by atoms with Gasteiger partial charge in [0.1, 0.15) is 6.17 Å². The maximum Gasteiger partial charge on any atom is 0.377 e. The number of hydrogen-bond acceptors (Lipinski definition) is 3. The molecule has 0 aromatic heterocycles. The molecule has 1 N–H and O–H groups in total. The van der Waals surface area contributed by atoms with Crippen LogP contribution in [0.15, 0.2) is 12.1 Å². The quantitative estimate of drug-likeness (QED) is 0.651. The second-order valence-electron chi connectivity index (χ2n) is 3.33. The molecule has 0 amide bonds. The Hall–Kier alpha value is -1.98. The van der Waals surface area contributed by atoms with Crippen LogP contribution < -0.4 is 4.74 Å². The van der Waals surface area contributed by atoms with Crippen molar-refractivity contribution in [2.75, 3.05) is 7.11 Å². The molecule has 0 aliphatic heterocycles. The van der Waals surface area contributed by atoms with Crippen molar-refractivity contribution in [3.63, 3.8) is 0 Å². The van der Waals surface area contributed by atoms with Crippen LogP contribution in [0.5, 0.6) is 5.75 Å². The number of ketones is 1. The Morgan fingerprint density at radius 1 is 1.41 bits per heavy atom. The number of carbonyl (C=O) groups excluding carboxylic acids is 1. The van der Waals surface area contributed by atoms with Crippen molar-refractivity contribution in [1.82, 2.24) is 0 Å². The van der Waals surface area contributed by atoms with Gasteiger partial charge in [0.25, 0.3) is 5.78 Å². The Balaban J connectivity index is 3.44. The number of halogens is 2. The first-order chi connectivity index (χ1) is 7.88. The lowest BCUT2D eigenvalue weighted by molar-refractivity contribution is -0.131. The molecule has 0 saturated carbocycles. The van der Waals surface area contributed by atoms with Crippen LogP contribution in [0.3, 0.4) is 0 Å². The minimum absolute atomic E-state index is 0.118. The average molecular weight is 244 g/mol. The largest absolute Gasteiger partial charge is 0.493 e. The summed E-state index contributed by atoms with van der Waals surface area (Å²) in [6.45, 7) is 1.15. The van der Waals surface area contributed by atoms with E-state index in [0.29, 0.717) is 0 Å². The molecule has 0 saturated heterocycles.